The summed E-state index contributed by atoms with van der Waals surface area (Å²) >= 11 is 0. The molecule has 0 radical (unpaired) electrons. The van der Waals surface area contributed by atoms with Crippen molar-refractivity contribution in [2.45, 2.75) is 19.4 Å². The molecule has 0 saturated carbocycles. The molecule has 1 aliphatic heterocycles. The largest absolute Gasteiger partial charge is 0.324 e. The van der Waals surface area contributed by atoms with Gasteiger partial charge in [-0.05, 0) is 19.9 Å². The van der Waals surface area contributed by atoms with Crippen LogP contribution in [0.15, 0.2) is 18.5 Å². The molecule has 2 N–H and O–H groups in total. The lowest BCUT2D eigenvalue weighted by molar-refractivity contribution is 0.0625. The van der Waals surface area contributed by atoms with E-state index in [0.717, 1.165) is 0 Å². The van der Waals surface area contributed by atoms with E-state index < -0.39 is 5.54 Å². The minimum atomic E-state index is -0.596. The van der Waals surface area contributed by atoms with Gasteiger partial charge in [0, 0.05) is 24.5 Å². The highest BCUT2D eigenvalue weighted by Crippen LogP contribution is 2.22. The van der Waals surface area contributed by atoms with Gasteiger partial charge in [0.1, 0.15) is 0 Å². The molecule has 0 aromatic carbocycles. The lowest BCUT2D eigenvalue weighted by Gasteiger charge is -2.24. The zero-order valence-corrected chi connectivity index (χ0v) is 9.23. The number of fused-ring (bicyclic) bond motifs is 1. The van der Waals surface area contributed by atoms with E-state index in [1.807, 2.05) is 0 Å². The molecule has 0 bridgehead atoms. The summed E-state index contributed by atoms with van der Waals surface area (Å²) in [7, 11) is 0. The number of imide groups is 1. The van der Waals surface area contributed by atoms with Gasteiger partial charge in [-0.15, -0.1) is 0 Å². The summed E-state index contributed by atoms with van der Waals surface area (Å²) in [5, 5.41) is 0. The molecule has 0 atom stereocenters. The molecule has 1 aromatic rings. The van der Waals surface area contributed by atoms with Gasteiger partial charge >= 0.3 is 0 Å². The van der Waals surface area contributed by atoms with Crippen LogP contribution in [0.2, 0.25) is 0 Å². The lowest BCUT2D eigenvalue weighted by atomic mass is 10.1. The summed E-state index contributed by atoms with van der Waals surface area (Å²) in [6, 6.07) is 1.55. The minimum absolute atomic E-state index is 0.208. The van der Waals surface area contributed by atoms with E-state index in [0.29, 0.717) is 11.1 Å². The molecule has 1 aliphatic rings. The van der Waals surface area contributed by atoms with Gasteiger partial charge in [-0.3, -0.25) is 19.5 Å². The van der Waals surface area contributed by atoms with Crippen LogP contribution in [0.4, 0.5) is 0 Å². The maximum Gasteiger partial charge on any atom is 0.263 e. The topological polar surface area (TPSA) is 76.3 Å². The van der Waals surface area contributed by atoms with Crippen molar-refractivity contribution in [3.63, 3.8) is 0 Å². The number of rotatable bonds is 2. The molecule has 2 heterocycles. The van der Waals surface area contributed by atoms with Gasteiger partial charge in [-0.2, -0.15) is 0 Å². The first-order valence-corrected chi connectivity index (χ1v) is 4.99. The monoisotopic (exact) mass is 219 g/mol. The summed E-state index contributed by atoms with van der Waals surface area (Å²) in [5.41, 5.74) is 5.98. The fourth-order valence-corrected chi connectivity index (χ4v) is 1.69. The van der Waals surface area contributed by atoms with Crippen LogP contribution in [-0.2, 0) is 0 Å². The Bertz CT molecular complexity index is 428. The van der Waals surface area contributed by atoms with Crippen LogP contribution >= 0.6 is 0 Å². The van der Waals surface area contributed by atoms with Gasteiger partial charge in [0.25, 0.3) is 11.8 Å². The molecule has 0 fully saturated rings. The van der Waals surface area contributed by atoms with Crippen LogP contribution in [0.3, 0.4) is 0 Å². The number of nitrogens with zero attached hydrogens (tertiary/aromatic N) is 2. The third kappa shape index (κ3) is 1.69. The van der Waals surface area contributed by atoms with E-state index in [1.165, 1.54) is 17.3 Å². The summed E-state index contributed by atoms with van der Waals surface area (Å²) in [4.78, 5) is 28.8. The van der Waals surface area contributed by atoms with Crippen molar-refractivity contribution < 1.29 is 9.59 Å². The number of nitrogens with two attached hydrogens (primary N) is 1. The van der Waals surface area contributed by atoms with Crippen molar-refractivity contribution in [2.75, 3.05) is 6.54 Å². The van der Waals surface area contributed by atoms with Crippen molar-refractivity contribution in [3.05, 3.63) is 29.6 Å². The number of hydrogen-bond acceptors (Lipinski definition) is 4. The van der Waals surface area contributed by atoms with Crippen molar-refractivity contribution in [1.82, 2.24) is 9.88 Å². The molecule has 0 saturated heterocycles. The Hall–Kier alpha value is -1.75. The Morgan fingerprint density at radius 1 is 1.31 bits per heavy atom. The lowest BCUT2D eigenvalue weighted by Crippen LogP contribution is -2.47. The van der Waals surface area contributed by atoms with E-state index >= 15 is 0 Å². The van der Waals surface area contributed by atoms with Crippen molar-refractivity contribution in [1.29, 1.82) is 0 Å². The van der Waals surface area contributed by atoms with Gasteiger partial charge in [0.15, 0.2) is 0 Å². The zero-order chi connectivity index (χ0) is 11.9. The second-order valence-corrected chi connectivity index (χ2v) is 4.61. The summed E-state index contributed by atoms with van der Waals surface area (Å²) in [6.07, 6.45) is 2.92. The van der Waals surface area contributed by atoms with Crippen LogP contribution in [0.1, 0.15) is 34.6 Å². The molecular formula is C11H13N3O2. The van der Waals surface area contributed by atoms with Gasteiger partial charge in [0.2, 0.25) is 0 Å². The van der Waals surface area contributed by atoms with Crippen molar-refractivity contribution >= 4 is 11.8 Å². The smallest absolute Gasteiger partial charge is 0.263 e. The number of amides is 2. The Morgan fingerprint density at radius 3 is 2.50 bits per heavy atom. The number of carbonyl (C=O) groups excluding carboxylic acids is 2. The summed E-state index contributed by atoms with van der Waals surface area (Å²) in [5.74, 6) is -0.604. The molecule has 2 rings (SSSR count). The van der Waals surface area contributed by atoms with E-state index in [4.69, 9.17) is 5.73 Å². The molecule has 0 spiro atoms. The fourth-order valence-electron chi connectivity index (χ4n) is 1.69. The van der Waals surface area contributed by atoms with E-state index in [1.54, 1.807) is 19.9 Å². The molecule has 1 aromatic heterocycles. The Kier molecular flexibility index (Phi) is 2.27. The van der Waals surface area contributed by atoms with Gasteiger partial charge < -0.3 is 5.73 Å². The van der Waals surface area contributed by atoms with E-state index in [2.05, 4.69) is 4.98 Å². The Morgan fingerprint density at radius 2 is 1.94 bits per heavy atom. The summed E-state index contributed by atoms with van der Waals surface area (Å²) in [6.45, 7) is 3.75. The predicted octanol–water partition coefficient (Wildman–Crippen LogP) is 0.415. The average Bonchev–Trinajstić information content (AvgIpc) is 2.43. The van der Waals surface area contributed by atoms with Crippen molar-refractivity contribution in [3.8, 4) is 0 Å². The summed E-state index contributed by atoms with van der Waals surface area (Å²) < 4.78 is 0. The maximum atomic E-state index is 11.9. The second-order valence-electron chi connectivity index (χ2n) is 4.61. The number of pyridine rings is 1. The van der Waals surface area contributed by atoms with Gasteiger partial charge in [-0.1, -0.05) is 0 Å². The third-order valence-corrected chi connectivity index (χ3v) is 2.34. The fraction of sp³-hybridized carbons (Fsp3) is 0.364. The molecule has 16 heavy (non-hydrogen) atoms. The highest BCUT2D eigenvalue weighted by atomic mass is 16.2. The Labute approximate surface area is 93.3 Å². The van der Waals surface area contributed by atoms with Crippen LogP contribution in [-0.4, -0.2) is 33.8 Å². The molecule has 0 unspecified atom stereocenters. The standard InChI is InChI=1S/C11H13N3O2/c1-11(2,12)6-14-9(15)7-3-4-13-5-8(7)10(14)16/h3-5H,6,12H2,1-2H3. The van der Waals surface area contributed by atoms with E-state index in [9.17, 15) is 9.59 Å². The first-order valence-electron chi connectivity index (χ1n) is 4.99. The molecule has 5 heteroatoms. The highest BCUT2D eigenvalue weighted by molar-refractivity contribution is 6.21. The number of hydrogen-bond donors (Lipinski definition) is 1. The normalized spacial score (nSPS) is 15.6. The third-order valence-electron chi connectivity index (χ3n) is 2.34. The van der Waals surface area contributed by atoms with E-state index in [-0.39, 0.29) is 18.4 Å². The molecule has 2 amide bonds. The van der Waals surface area contributed by atoms with Crippen LogP contribution in [0, 0.1) is 0 Å². The Balaban J connectivity index is 2.36. The van der Waals surface area contributed by atoms with Crippen LogP contribution < -0.4 is 5.73 Å². The first-order chi connectivity index (χ1) is 7.40. The van der Waals surface area contributed by atoms with Crippen LogP contribution in [0.5, 0.6) is 0 Å². The maximum absolute atomic E-state index is 11.9. The molecular weight excluding hydrogens is 206 g/mol. The molecule has 0 aliphatic carbocycles. The predicted molar refractivity (Wildman–Crippen MR) is 57.9 cm³/mol. The number of aromatic nitrogens is 1. The second kappa shape index (κ2) is 3.38. The SMILES string of the molecule is CC(C)(N)CN1C(=O)c2ccncc2C1=O. The van der Waals surface area contributed by atoms with Gasteiger partial charge in [-0.25, -0.2) is 0 Å². The first kappa shape index (κ1) is 10.8. The average molecular weight is 219 g/mol. The number of carbonyl (C=O) groups is 2. The molecule has 5 nitrogen and oxygen atoms in total. The highest BCUT2D eigenvalue weighted by Gasteiger charge is 2.37. The molecule has 84 valence electrons. The van der Waals surface area contributed by atoms with Gasteiger partial charge in [0.05, 0.1) is 11.1 Å². The van der Waals surface area contributed by atoms with Crippen LogP contribution in [0.25, 0.3) is 0 Å². The quantitative estimate of drug-likeness (QED) is 0.731. The minimum Gasteiger partial charge on any atom is -0.324 e. The zero-order valence-electron chi connectivity index (χ0n) is 9.23. The van der Waals surface area contributed by atoms with Crippen molar-refractivity contribution in [2.24, 2.45) is 5.73 Å².